The number of ether oxygens (including phenoxy) is 1. The van der Waals surface area contributed by atoms with E-state index in [9.17, 15) is 0 Å². The monoisotopic (exact) mass is 474 g/mol. The van der Waals surface area contributed by atoms with Gasteiger partial charge in [-0.3, -0.25) is 9.89 Å². The SMILES string of the molecule is C1=CCC(NC(=NCCCN2CCOCC2)NCCc2ccco2)C1.I. The Morgan fingerprint density at radius 1 is 1.23 bits per heavy atom. The quantitative estimate of drug-likeness (QED) is 0.199. The number of hydrogen-bond donors (Lipinski definition) is 2. The number of hydrogen-bond acceptors (Lipinski definition) is 4. The third-order valence-corrected chi connectivity index (χ3v) is 4.60. The van der Waals surface area contributed by atoms with Crippen molar-refractivity contribution in [3.8, 4) is 0 Å². The molecule has 0 bridgehead atoms. The molecule has 1 aliphatic heterocycles. The van der Waals surface area contributed by atoms with Gasteiger partial charge in [-0.15, -0.1) is 24.0 Å². The van der Waals surface area contributed by atoms with Crippen molar-refractivity contribution < 1.29 is 9.15 Å². The Labute approximate surface area is 173 Å². The summed E-state index contributed by atoms with van der Waals surface area (Å²) in [5, 5.41) is 6.99. The minimum absolute atomic E-state index is 0. The summed E-state index contributed by atoms with van der Waals surface area (Å²) in [6.45, 7) is 6.57. The van der Waals surface area contributed by atoms with E-state index in [0.717, 1.165) is 83.3 Å². The maximum Gasteiger partial charge on any atom is 0.191 e. The van der Waals surface area contributed by atoms with Crippen LogP contribution in [0.25, 0.3) is 0 Å². The van der Waals surface area contributed by atoms with Gasteiger partial charge in [0.05, 0.1) is 19.5 Å². The van der Waals surface area contributed by atoms with Crippen LogP contribution in [0.2, 0.25) is 0 Å². The van der Waals surface area contributed by atoms with E-state index in [1.807, 2.05) is 12.1 Å². The molecule has 2 N–H and O–H groups in total. The van der Waals surface area contributed by atoms with Crippen LogP contribution >= 0.6 is 24.0 Å². The van der Waals surface area contributed by atoms with Crippen LogP contribution in [-0.2, 0) is 11.2 Å². The van der Waals surface area contributed by atoms with E-state index in [2.05, 4.69) is 27.7 Å². The third-order valence-electron chi connectivity index (χ3n) is 4.60. The molecule has 0 radical (unpaired) electrons. The Bertz CT molecular complexity index is 534. The highest BCUT2D eigenvalue weighted by atomic mass is 127. The molecule has 0 unspecified atom stereocenters. The summed E-state index contributed by atoms with van der Waals surface area (Å²) in [4.78, 5) is 7.22. The van der Waals surface area contributed by atoms with Crippen molar-refractivity contribution in [3.63, 3.8) is 0 Å². The molecule has 2 heterocycles. The summed E-state index contributed by atoms with van der Waals surface area (Å²) in [5.74, 6) is 1.92. The smallest absolute Gasteiger partial charge is 0.191 e. The van der Waals surface area contributed by atoms with Crippen molar-refractivity contribution in [2.45, 2.75) is 31.7 Å². The number of furan rings is 1. The summed E-state index contributed by atoms with van der Waals surface area (Å²) in [6, 6.07) is 4.40. The lowest BCUT2D eigenvalue weighted by Gasteiger charge is -2.26. The molecular weight excluding hydrogens is 443 g/mol. The molecule has 1 saturated heterocycles. The highest BCUT2D eigenvalue weighted by molar-refractivity contribution is 14.0. The van der Waals surface area contributed by atoms with Gasteiger partial charge in [0.1, 0.15) is 5.76 Å². The van der Waals surface area contributed by atoms with Gasteiger partial charge in [-0.25, -0.2) is 0 Å². The summed E-state index contributed by atoms with van der Waals surface area (Å²) in [7, 11) is 0. The minimum Gasteiger partial charge on any atom is -0.469 e. The fourth-order valence-corrected chi connectivity index (χ4v) is 3.15. The number of halogens is 1. The number of nitrogens with one attached hydrogen (secondary N) is 2. The van der Waals surface area contributed by atoms with Gasteiger partial charge in [-0.2, -0.15) is 0 Å². The zero-order valence-corrected chi connectivity index (χ0v) is 17.7. The predicted molar refractivity (Wildman–Crippen MR) is 115 cm³/mol. The first-order valence-electron chi connectivity index (χ1n) is 9.42. The van der Waals surface area contributed by atoms with E-state index >= 15 is 0 Å². The Hall–Kier alpha value is -1.06. The van der Waals surface area contributed by atoms with Crippen LogP contribution in [0.5, 0.6) is 0 Å². The van der Waals surface area contributed by atoms with Crippen LogP contribution in [0.4, 0.5) is 0 Å². The lowest BCUT2D eigenvalue weighted by molar-refractivity contribution is 0.0377. The molecule has 1 aromatic rings. The largest absolute Gasteiger partial charge is 0.469 e. The van der Waals surface area contributed by atoms with Gasteiger partial charge in [-0.05, 0) is 31.4 Å². The standard InChI is InChI=1S/C19H30N4O2.HI/c1-2-6-17(5-1)22-19(21-10-8-18-7-3-14-25-18)20-9-4-11-23-12-15-24-16-13-23;/h1-3,7,14,17H,4-6,8-13,15-16H2,(H2,20,21,22);1H. The van der Waals surface area contributed by atoms with Crippen LogP contribution in [0.15, 0.2) is 40.0 Å². The van der Waals surface area contributed by atoms with Gasteiger partial charge in [0.2, 0.25) is 0 Å². The average molecular weight is 474 g/mol. The number of guanidine groups is 1. The Morgan fingerprint density at radius 3 is 2.77 bits per heavy atom. The summed E-state index contributed by atoms with van der Waals surface area (Å²) in [6.07, 6.45) is 10.3. The summed E-state index contributed by atoms with van der Waals surface area (Å²) in [5.41, 5.74) is 0. The highest BCUT2D eigenvalue weighted by Gasteiger charge is 2.12. The van der Waals surface area contributed by atoms with Crippen LogP contribution < -0.4 is 10.6 Å². The van der Waals surface area contributed by atoms with Crippen molar-refractivity contribution in [2.24, 2.45) is 4.99 Å². The molecule has 0 atom stereocenters. The van der Waals surface area contributed by atoms with E-state index in [4.69, 9.17) is 14.1 Å². The van der Waals surface area contributed by atoms with Crippen molar-refractivity contribution >= 4 is 29.9 Å². The molecule has 2 aliphatic rings. The minimum atomic E-state index is 0. The molecular formula is C19H31IN4O2. The molecule has 0 amide bonds. The topological polar surface area (TPSA) is 62.0 Å². The molecule has 0 aromatic carbocycles. The van der Waals surface area contributed by atoms with Crippen LogP contribution in [0.3, 0.4) is 0 Å². The predicted octanol–water partition coefficient (Wildman–Crippen LogP) is 2.42. The van der Waals surface area contributed by atoms with Crippen molar-refractivity contribution in [2.75, 3.05) is 45.9 Å². The van der Waals surface area contributed by atoms with Crippen LogP contribution in [-0.4, -0.2) is 62.8 Å². The Balaban J connectivity index is 0.00000243. The van der Waals surface area contributed by atoms with Crippen LogP contribution in [0.1, 0.15) is 25.0 Å². The second-order valence-electron chi connectivity index (χ2n) is 6.58. The number of rotatable bonds is 8. The molecule has 26 heavy (non-hydrogen) atoms. The zero-order chi connectivity index (χ0) is 17.2. The number of morpholine rings is 1. The van der Waals surface area contributed by atoms with E-state index < -0.39 is 0 Å². The summed E-state index contributed by atoms with van der Waals surface area (Å²) >= 11 is 0. The molecule has 7 heteroatoms. The summed E-state index contributed by atoms with van der Waals surface area (Å²) < 4.78 is 10.8. The lowest BCUT2D eigenvalue weighted by atomic mass is 10.2. The van der Waals surface area contributed by atoms with E-state index in [0.29, 0.717) is 6.04 Å². The number of nitrogens with zero attached hydrogens (tertiary/aromatic N) is 2. The normalized spacial score (nSPS) is 18.7. The molecule has 1 aliphatic carbocycles. The van der Waals surface area contributed by atoms with Gasteiger partial charge in [0, 0.05) is 45.2 Å². The fraction of sp³-hybridized carbons (Fsp3) is 0.632. The highest BCUT2D eigenvalue weighted by Crippen LogP contribution is 2.09. The van der Waals surface area contributed by atoms with Gasteiger partial charge in [-0.1, -0.05) is 12.2 Å². The van der Waals surface area contributed by atoms with Gasteiger partial charge >= 0.3 is 0 Å². The molecule has 1 aromatic heterocycles. The third kappa shape index (κ3) is 7.67. The second kappa shape index (κ2) is 12.3. The first-order valence-corrected chi connectivity index (χ1v) is 9.42. The van der Waals surface area contributed by atoms with E-state index in [1.165, 1.54) is 0 Å². The van der Waals surface area contributed by atoms with Gasteiger partial charge in [0.15, 0.2) is 5.96 Å². The Kier molecular flexibility index (Phi) is 10.1. The van der Waals surface area contributed by atoms with Crippen molar-refractivity contribution in [3.05, 3.63) is 36.3 Å². The molecule has 3 rings (SSSR count). The van der Waals surface area contributed by atoms with Crippen molar-refractivity contribution in [1.29, 1.82) is 0 Å². The second-order valence-corrected chi connectivity index (χ2v) is 6.58. The molecule has 1 fully saturated rings. The van der Waals surface area contributed by atoms with Crippen molar-refractivity contribution in [1.82, 2.24) is 15.5 Å². The first-order chi connectivity index (χ1) is 12.4. The fourth-order valence-electron chi connectivity index (χ4n) is 3.15. The van der Waals surface area contributed by atoms with E-state index in [1.54, 1.807) is 6.26 Å². The van der Waals surface area contributed by atoms with E-state index in [-0.39, 0.29) is 24.0 Å². The molecule has 0 spiro atoms. The average Bonchev–Trinajstić information content (AvgIpc) is 3.33. The zero-order valence-electron chi connectivity index (χ0n) is 15.4. The maximum atomic E-state index is 5.39. The first kappa shape index (κ1) is 21.2. The number of aliphatic imine (C=N–C) groups is 1. The van der Waals surface area contributed by atoms with Gasteiger partial charge < -0.3 is 19.8 Å². The Morgan fingerprint density at radius 2 is 2.04 bits per heavy atom. The molecule has 0 saturated carbocycles. The van der Waals surface area contributed by atoms with Crippen LogP contribution in [0, 0.1) is 0 Å². The van der Waals surface area contributed by atoms with Gasteiger partial charge in [0.25, 0.3) is 0 Å². The maximum absolute atomic E-state index is 5.39. The lowest BCUT2D eigenvalue weighted by Crippen LogP contribution is -2.43. The molecule has 6 nitrogen and oxygen atoms in total. The molecule has 146 valence electrons.